The highest BCUT2D eigenvalue weighted by Crippen LogP contribution is 2.32. The van der Waals surface area contributed by atoms with Gasteiger partial charge in [-0.2, -0.15) is 0 Å². The second-order valence-electron chi connectivity index (χ2n) is 5.31. The summed E-state index contributed by atoms with van der Waals surface area (Å²) in [4.78, 5) is 12.1. The zero-order valence-corrected chi connectivity index (χ0v) is 10.6. The predicted octanol–water partition coefficient (Wildman–Crippen LogP) is 3.47. The summed E-state index contributed by atoms with van der Waals surface area (Å²) in [5.41, 5.74) is 2.54. The van der Waals surface area contributed by atoms with Crippen molar-refractivity contribution in [1.29, 1.82) is 0 Å². The van der Waals surface area contributed by atoms with Crippen molar-refractivity contribution in [1.82, 2.24) is 0 Å². The van der Waals surface area contributed by atoms with Crippen molar-refractivity contribution in [3.8, 4) is 0 Å². The van der Waals surface area contributed by atoms with Crippen molar-refractivity contribution in [3.63, 3.8) is 0 Å². The molecule has 0 unspecified atom stereocenters. The molecular weight excluding hydrogens is 212 g/mol. The highest BCUT2D eigenvalue weighted by molar-refractivity contribution is 5.94. The fourth-order valence-corrected chi connectivity index (χ4v) is 2.03. The fourth-order valence-electron chi connectivity index (χ4n) is 2.03. The number of allylic oxidation sites excluding steroid dienone is 6. The average molecular weight is 230 g/mol. The van der Waals surface area contributed by atoms with Gasteiger partial charge in [-0.15, -0.1) is 0 Å². The Morgan fingerprint density at radius 2 is 1.94 bits per heavy atom. The third-order valence-electron chi connectivity index (χ3n) is 2.70. The van der Waals surface area contributed by atoms with Gasteiger partial charge >= 0.3 is 5.97 Å². The van der Waals surface area contributed by atoms with Crippen LogP contribution in [-0.2, 0) is 9.53 Å². The molecule has 0 amide bonds. The number of carbonyl (C=O) groups excluding carboxylic acids is 1. The normalized spacial score (nSPS) is 18.9. The van der Waals surface area contributed by atoms with Gasteiger partial charge in [0.25, 0.3) is 0 Å². The molecular formula is C15H18O2. The van der Waals surface area contributed by atoms with Crippen LogP contribution in [0.15, 0.2) is 47.1 Å². The maximum absolute atomic E-state index is 12.1. The first kappa shape index (κ1) is 11.9. The molecule has 0 bridgehead atoms. The molecule has 0 heterocycles. The highest BCUT2D eigenvalue weighted by atomic mass is 16.6. The van der Waals surface area contributed by atoms with Crippen LogP contribution in [0.1, 0.15) is 33.6 Å². The number of fused-ring (bicyclic) bond motifs is 1. The van der Waals surface area contributed by atoms with Crippen molar-refractivity contribution >= 4 is 5.97 Å². The lowest BCUT2D eigenvalue weighted by Gasteiger charge is -2.20. The van der Waals surface area contributed by atoms with Crippen LogP contribution >= 0.6 is 0 Å². The first-order valence-electron chi connectivity index (χ1n) is 5.99. The lowest BCUT2D eigenvalue weighted by molar-refractivity contribution is -0.149. The number of carbonyl (C=O) groups is 1. The van der Waals surface area contributed by atoms with Gasteiger partial charge < -0.3 is 4.74 Å². The number of rotatable bonds is 1. The Bertz CT molecular complexity index is 454. The van der Waals surface area contributed by atoms with Gasteiger partial charge in [0.05, 0.1) is 5.57 Å². The molecule has 2 aliphatic rings. The van der Waals surface area contributed by atoms with E-state index in [1.165, 1.54) is 0 Å². The molecule has 0 aromatic heterocycles. The Labute approximate surface area is 102 Å². The fraction of sp³-hybridized carbons (Fsp3) is 0.400. The van der Waals surface area contributed by atoms with Gasteiger partial charge in [0.1, 0.15) is 5.60 Å². The van der Waals surface area contributed by atoms with Crippen LogP contribution in [0.25, 0.3) is 0 Å². The monoisotopic (exact) mass is 230 g/mol. The van der Waals surface area contributed by atoms with E-state index < -0.39 is 5.60 Å². The standard InChI is InChI=1S/C15H18O2/c1-15(2,3)17-14(16)13-9-5-4-7-11-8-6-10-12(11)13/h4-5,7-9H,6,10H2,1-3H3. The van der Waals surface area contributed by atoms with E-state index in [0.717, 1.165) is 24.0 Å². The van der Waals surface area contributed by atoms with Gasteiger partial charge in [0, 0.05) is 0 Å². The molecule has 17 heavy (non-hydrogen) atoms. The zero-order valence-electron chi connectivity index (χ0n) is 10.6. The minimum Gasteiger partial charge on any atom is -0.456 e. The lowest BCUT2D eigenvalue weighted by Crippen LogP contribution is -2.25. The second kappa shape index (κ2) is 4.36. The summed E-state index contributed by atoms with van der Waals surface area (Å²) in [5, 5.41) is 0. The molecule has 90 valence electrons. The predicted molar refractivity (Wildman–Crippen MR) is 68.5 cm³/mol. The smallest absolute Gasteiger partial charge is 0.338 e. The van der Waals surface area contributed by atoms with E-state index in [2.05, 4.69) is 12.2 Å². The molecule has 0 atom stereocenters. The van der Waals surface area contributed by atoms with E-state index in [0.29, 0.717) is 5.57 Å². The van der Waals surface area contributed by atoms with Crippen molar-refractivity contribution in [3.05, 3.63) is 47.1 Å². The van der Waals surface area contributed by atoms with Crippen molar-refractivity contribution in [2.24, 2.45) is 0 Å². The van der Waals surface area contributed by atoms with Crippen LogP contribution < -0.4 is 0 Å². The Balaban J connectivity index is 2.31. The van der Waals surface area contributed by atoms with E-state index in [1.54, 1.807) is 0 Å². The van der Waals surface area contributed by atoms with E-state index in [-0.39, 0.29) is 5.97 Å². The van der Waals surface area contributed by atoms with Crippen molar-refractivity contribution < 1.29 is 9.53 Å². The minimum atomic E-state index is -0.444. The Hall–Kier alpha value is -1.57. The molecule has 0 aromatic rings. The Kier molecular flexibility index (Phi) is 3.05. The van der Waals surface area contributed by atoms with Gasteiger partial charge in [0.2, 0.25) is 0 Å². The van der Waals surface area contributed by atoms with E-state index in [9.17, 15) is 4.79 Å². The third-order valence-corrected chi connectivity index (χ3v) is 2.70. The number of hydrogen-bond donors (Lipinski definition) is 0. The summed E-state index contributed by atoms with van der Waals surface area (Å²) < 4.78 is 5.44. The minimum absolute atomic E-state index is 0.222. The largest absolute Gasteiger partial charge is 0.456 e. The lowest BCUT2D eigenvalue weighted by atomic mass is 10.0. The molecule has 0 saturated carbocycles. The van der Waals surface area contributed by atoms with Crippen LogP contribution in [-0.4, -0.2) is 11.6 Å². The van der Waals surface area contributed by atoms with Crippen LogP contribution in [0.5, 0.6) is 0 Å². The molecule has 0 radical (unpaired) electrons. The zero-order chi connectivity index (χ0) is 12.5. The van der Waals surface area contributed by atoms with Crippen LogP contribution in [0.2, 0.25) is 0 Å². The van der Waals surface area contributed by atoms with Gasteiger partial charge in [-0.25, -0.2) is 4.79 Å². The Morgan fingerprint density at radius 3 is 2.65 bits per heavy atom. The molecule has 2 heteroatoms. The number of ether oxygens (including phenoxy) is 1. The summed E-state index contributed by atoms with van der Waals surface area (Å²) in [6.07, 6.45) is 11.9. The summed E-state index contributed by atoms with van der Waals surface area (Å²) in [7, 11) is 0. The highest BCUT2D eigenvalue weighted by Gasteiger charge is 2.24. The van der Waals surface area contributed by atoms with Crippen LogP contribution in [0, 0.1) is 0 Å². The maximum atomic E-state index is 12.1. The van der Waals surface area contributed by atoms with Gasteiger partial charge in [-0.1, -0.05) is 24.3 Å². The van der Waals surface area contributed by atoms with Gasteiger partial charge in [-0.05, 0) is 50.8 Å². The number of hydrogen-bond acceptors (Lipinski definition) is 2. The summed E-state index contributed by atoms with van der Waals surface area (Å²) >= 11 is 0. The van der Waals surface area contributed by atoms with E-state index in [1.807, 2.05) is 39.0 Å². The van der Waals surface area contributed by atoms with Gasteiger partial charge in [0.15, 0.2) is 0 Å². The molecule has 0 saturated heterocycles. The summed E-state index contributed by atoms with van der Waals surface area (Å²) in [6.45, 7) is 5.67. The van der Waals surface area contributed by atoms with E-state index in [4.69, 9.17) is 4.74 Å². The van der Waals surface area contributed by atoms with Crippen LogP contribution in [0.4, 0.5) is 0 Å². The topological polar surface area (TPSA) is 26.3 Å². The third kappa shape index (κ3) is 2.76. The Morgan fingerprint density at radius 1 is 1.24 bits per heavy atom. The molecule has 0 N–H and O–H groups in total. The first-order valence-corrected chi connectivity index (χ1v) is 5.99. The molecule has 2 aliphatic carbocycles. The molecule has 2 nitrogen and oxygen atoms in total. The molecule has 0 aliphatic heterocycles. The molecule has 0 spiro atoms. The summed E-state index contributed by atoms with van der Waals surface area (Å²) in [5.74, 6) is -0.222. The van der Waals surface area contributed by atoms with E-state index >= 15 is 0 Å². The first-order chi connectivity index (χ1) is 7.97. The molecule has 2 rings (SSSR count). The van der Waals surface area contributed by atoms with Gasteiger partial charge in [-0.3, -0.25) is 0 Å². The molecule has 0 aromatic carbocycles. The van der Waals surface area contributed by atoms with Crippen molar-refractivity contribution in [2.75, 3.05) is 0 Å². The maximum Gasteiger partial charge on any atom is 0.338 e. The second-order valence-corrected chi connectivity index (χ2v) is 5.31. The average Bonchev–Trinajstić information content (AvgIpc) is 2.55. The van der Waals surface area contributed by atoms with Crippen molar-refractivity contribution in [2.45, 2.75) is 39.2 Å². The van der Waals surface area contributed by atoms with Crippen LogP contribution in [0.3, 0.4) is 0 Å². The quantitative estimate of drug-likeness (QED) is 0.645. The summed E-state index contributed by atoms with van der Waals surface area (Å²) in [6, 6.07) is 0. The SMILES string of the molecule is CC(C)(C)OC(=O)C1=C2CCC=C2C=CC=C1. The molecule has 0 fully saturated rings. The number of esters is 1.